The number of aromatic carboxylic acids is 1. The summed E-state index contributed by atoms with van der Waals surface area (Å²) in [5, 5.41) is 14.6. The number of sulfonamides is 1. The summed E-state index contributed by atoms with van der Waals surface area (Å²) in [4.78, 5) is 11.1. The lowest BCUT2D eigenvalue weighted by Crippen LogP contribution is -2.41. The van der Waals surface area contributed by atoms with Crippen LogP contribution in [0.2, 0.25) is 0 Å². The van der Waals surface area contributed by atoms with Gasteiger partial charge in [-0.25, -0.2) is 13.2 Å². The number of nitrogens with one attached hydrogen (secondary N) is 1. The summed E-state index contributed by atoms with van der Waals surface area (Å²) in [6, 6.07) is -0.0521. The van der Waals surface area contributed by atoms with Crippen LogP contribution in [-0.4, -0.2) is 46.6 Å². The maximum Gasteiger partial charge on any atom is 0.340 e. The van der Waals surface area contributed by atoms with Gasteiger partial charge in [0, 0.05) is 12.6 Å². The van der Waals surface area contributed by atoms with Crippen molar-refractivity contribution in [3.05, 3.63) is 11.8 Å². The molecule has 1 aromatic heterocycles. The molecule has 1 aromatic rings. The Bertz CT molecular complexity index is 575. The SMILES string of the molecule is CCN(C1CCCCC1)S(=O)(=O)c1[nH]ncc1C(=O)O. The lowest BCUT2D eigenvalue weighted by Gasteiger charge is -2.32. The van der Waals surface area contributed by atoms with Crippen molar-refractivity contribution in [2.45, 2.75) is 50.1 Å². The van der Waals surface area contributed by atoms with E-state index >= 15 is 0 Å². The smallest absolute Gasteiger partial charge is 0.340 e. The molecule has 1 fully saturated rings. The van der Waals surface area contributed by atoms with E-state index in [9.17, 15) is 13.2 Å². The fourth-order valence-corrected chi connectivity index (χ4v) is 4.50. The number of rotatable bonds is 5. The third kappa shape index (κ3) is 2.71. The maximum atomic E-state index is 12.6. The van der Waals surface area contributed by atoms with Crippen molar-refractivity contribution in [2.75, 3.05) is 6.54 Å². The van der Waals surface area contributed by atoms with Crippen LogP contribution < -0.4 is 0 Å². The second kappa shape index (κ2) is 5.92. The number of H-pyrrole nitrogens is 1. The quantitative estimate of drug-likeness (QED) is 0.856. The molecule has 0 aromatic carbocycles. The topological polar surface area (TPSA) is 103 Å². The molecule has 112 valence electrons. The predicted molar refractivity (Wildman–Crippen MR) is 72.0 cm³/mol. The molecule has 1 saturated carbocycles. The number of carbonyl (C=O) groups is 1. The summed E-state index contributed by atoms with van der Waals surface area (Å²) in [5.41, 5.74) is -0.306. The van der Waals surface area contributed by atoms with Gasteiger partial charge in [0.2, 0.25) is 0 Å². The highest BCUT2D eigenvalue weighted by atomic mass is 32.2. The average Bonchev–Trinajstić information content (AvgIpc) is 2.90. The zero-order chi connectivity index (χ0) is 14.8. The summed E-state index contributed by atoms with van der Waals surface area (Å²) in [5.74, 6) is -1.29. The maximum absolute atomic E-state index is 12.6. The van der Waals surface area contributed by atoms with Crippen LogP contribution in [0.5, 0.6) is 0 Å². The van der Waals surface area contributed by atoms with E-state index in [4.69, 9.17) is 5.11 Å². The zero-order valence-corrected chi connectivity index (χ0v) is 12.2. The van der Waals surface area contributed by atoms with Crippen LogP contribution in [0.3, 0.4) is 0 Å². The largest absolute Gasteiger partial charge is 0.478 e. The van der Waals surface area contributed by atoms with E-state index in [0.29, 0.717) is 6.54 Å². The van der Waals surface area contributed by atoms with Gasteiger partial charge in [0.1, 0.15) is 5.56 Å². The third-order valence-corrected chi connectivity index (χ3v) is 5.70. The fraction of sp³-hybridized carbons (Fsp3) is 0.667. The summed E-state index contributed by atoms with van der Waals surface area (Å²) < 4.78 is 26.7. The Morgan fingerprint density at radius 2 is 2.10 bits per heavy atom. The minimum atomic E-state index is -3.85. The van der Waals surface area contributed by atoms with Crippen molar-refractivity contribution in [3.8, 4) is 0 Å². The highest BCUT2D eigenvalue weighted by Gasteiger charge is 2.35. The molecule has 0 unspecified atom stereocenters. The first kappa shape index (κ1) is 15.0. The van der Waals surface area contributed by atoms with Crippen molar-refractivity contribution in [3.63, 3.8) is 0 Å². The minimum Gasteiger partial charge on any atom is -0.478 e. The number of aromatic amines is 1. The summed E-state index contributed by atoms with van der Waals surface area (Å²) in [6.45, 7) is 2.09. The van der Waals surface area contributed by atoms with Gasteiger partial charge in [-0.15, -0.1) is 0 Å². The van der Waals surface area contributed by atoms with E-state index < -0.39 is 16.0 Å². The first-order valence-electron chi connectivity index (χ1n) is 6.77. The first-order chi connectivity index (χ1) is 9.48. The lowest BCUT2D eigenvalue weighted by molar-refractivity contribution is 0.0692. The fourth-order valence-electron chi connectivity index (χ4n) is 2.73. The normalized spacial score (nSPS) is 17.5. The van der Waals surface area contributed by atoms with Gasteiger partial charge < -0.3 is 5.11 Å². The number of carboxylic acids is 1. The van der Waals surface area contributed by atoms with Crippen LogP contribution >= 0.6 is 0 Å². The number of carboxylic acid groups (broad SMARTS) is 1. The predicted octanol–water partition coefficient (Wildman–Crippen LogP) is 1.45. The van der Waals surface area contributed by atoms with E-state index in [1.165, 1.54) is 4.31 Å². The van der Waals surface area contributed by atoms with Gasteiger partial charge in [-0.2, -0.15) is 9.40 Å². The highest BCUT2D eigenvalue weighted by Crippen LogP contribution is 2.28. The van der Waals surface area contributed by atoms with Gasteiger partial charge in [-0.05, 0) is 12.8 Å². The summed E-state index contributed by atoms with van der Waals surface area (Å²) in [7, 11) is -3.85. The van der Waals surface area contributed by atoms with E-state index in [2.05, 4.69) is 10.2 Å². The number of hydrogen-bond acceptors (Lipinski definition) is 4. The molecule has 0 radical (unpaired) electrons. The standard InChI is InChI=1S/C12H19N3O4S/c1-2-15(9-6-4-3-5-7-9)20(18,19)11-10(12(16)17)8-13-14-11/h8-9H,2-7H2,1H3,(H,13,14)(H,16,17). The van der Waals surface area contributed by atoms with Crippen molar-refractivity contribution < 1.29 is 18.3 Å². The molecule has 0 amide bonds. The molecular weight excluding hydrogens is 282 g/mol. The Kier molecular flexibility index (Phi) is 4.44. The number of hydrogen-bond donors (Lipinski definition) is 2. The van der Waals surface area contributed by atoms with Gasteiger partial charge in [0.25, 0.3) is 10.0 Å². The van der Waals surface area contributed by atoms with Crippen molar-refractivity contribution in [1.82, 2.24) is 14.5 Å². The van der Waals surface area contributed by atoms with Crippen LogP contribution in [0.25, 0.3) is 0 Å². The Balaban J connectivity index is 2.36. The average molecular weight is 301 g/mol. The van der Waals surface area contributed by atoms with Crippen LogP contribution in [0, 0.1) is 0 Å². The van der Waals surface area contributed by atoms with E-state index in [-0.39, 0.29) is 16.6 Å². The van der Waals surface area contributed by atoms with Gasteiger partial charge in [-0.3, -0.25) is 5.10 Å². The highest BCUT2D eigenvalue weighted by molar-refractivity contribution is 7.89. The van der Waals surface area contributed by atoms with Crippen LogP contribution in [0.4, 0.5) is 0 Å². The molecule has 0 saturated heterocycles. The van der Waals surface area contributed by atoms with Gasteiger partial charge in [-0.1, -0.05) is 26.2 Å². The van der Waals surface area contributed by atoms with Crippen molar-refractivity contribution >= 4 is 16.0 Å². The molecule has 8 heteroatoms. The Morgan fingerprint density at radius 3 is 2.65 bits per heavy atom. The molecule has 7 nitrogen and oxygen atoms in total. The molecule has 1 aliphatic rings. The van der Waals surface area contributed by atoms with E-state index in [0.717, 1.165) is 38.3 Å². The Morgan fingerprint density at radius 1 is 1.45 bits per heavy atom. The van der Waals surface area contributed by atoms with Crippen LogP contribution in [0.1, 0.15) is 49.4 Å². The number of nitrogens with zero attached hydrogens (tertiary/aromatic N) is 2. The monoisotopic (exact) mass is 301 g/mol. The van der Waals surface area contributed by atoms with E-state index in [1.807, 2.05) is 0 Å². The molecule has 0 aliphatic heterocycles. The molecule has 1 aliphatic carbocycles. The second-order valence-electron chi connectivity index (χ2n) is 4.92. The lowest BCUT2D eigenvalue weighted by atomic mass is 9.95. The Labute approximate surface area is 118 Å². The molecule has 0 atom stereocenters. The van der Waals surface area contributed by atoms with Gasteiger partial charge in [0.05, 0.1) is 6.20 Å². The van der Waals surface area contributed by atoms with Crippen LogP contribution in [0.15, 0.2) is 11.2 Å². The molecule has 2 N–H and O–H groups in total. The first-order valence-corrected chi connectivity index (χ1v) is 8.21. The number of aromatic nitrogens is 2. The van der Waals surface area contributed by atoms with Crippen molar-refractivity contribution in [1.29, 1.82) is 0 Å². The molecule has 20 heavy (non-hydrogen) atoms. The second-order valence-corrected chi connectivity index (χ2v) is 6.75. The molecule has 1 heterocycles. The van der Waals surface area contributed by atoms with E-state index in [1.54, 1.807) is 6.92 Å². The minimum absolute atomic E-state index is 0.0521. The molecule has 2 rings (SSSR count). The Hall–Kier alpha value is -1.41. The van der Waals surface area contributed by atoms with Crippen molar-refractivity contribution in [2.24, 2.45) is 0 Å². The van der Waals surface area contributed by atoms with Gasteiger partial charge in [0.15, 0.2) is 5.03 Å². The van der Waals surface area contributed by atoms with Gasteiger partial charge >= 0.3 is 5.97 Å². The molecule has 0 bridgehead atoms. The summed E-state index contributed by atoms with van der Waals surface area (Å²) >= 11 is 0. The van der Waals surface area contributed by atoms with Crippen LogP contribution in [-0.2, 0) is 10.0 Å². The third-order valence-electron chi connectivity index (χ3n) is 3.70. The zero-order valence-electron chi connectivity index (χ0n) is 11.4. The molecule has 0 spiro atoms. The summed E-state index contributed by atoms with van der Waals surface area (Å²) in [6.07, 6.45) is 5.81. The molecular formula is C12H19N3O4S.